The summed E-state index contributed by atoms with van der Waals surface area (Å²) in [4.78, 5) is 11.2. The summed E-state index contributed by atoms with van der Waals surface area (Å²) in [6.07, 6.45) is 0. The SMILES string of the molecule is CNCc1cc(C(=O)OC)oc1CNC. The van der Waals surface area contributed by atoms with E-state index in [4.69, 9.17) is 4.42 Å². The van der Waals surface area contributed by atoms with Crippen LogP contribution in [0.5, 0.6) is 0 Å². The van der Waals surface area contributed by atoms with Crippen molar-refractivity contribution in [1.29, 1.82) is 0 Å². The summed E-state index contributed by atoms with van der Waals surface area (Å²) in [5, 5.41) is 5.99. The molecule has 1 heterocycles. The van der Waals surface area contributed by atoms with Crippen LogP contribution in [0.1, 0.15) is 21.9 Å². The van der Waals surface area contributed by atoms with Gasteiger partial charge in [0.1, 0.15) is 5.76 Å². The maximum atomic E-state index is 11.2. The minimum absolute atomic E-state index is 0.244. The molecule has 0 radical (unpaired) electrons. The molecule has 5 nitrogen and oxygen atoms in total. The summed E-state index contributed by atoms with van der Waals surface area (Å²) in [7, 11) is 5.00. The number of methoxy groups -OCH3 is 1. The Morgan fingerprint density at radius 2 is 2.07 bits per heavy atom. The molecule has 1 rings (SSSR count). The summed E-state index contributed by atoms with van der Waals surface area (Å²) in [6.45, 7) is 1.26. The van der Waals surface area contributed by atoms with Crippen LogP contribution in [0.15, 0.2) is 10.5 Å². The lowest BCUT2D eigenvalue weighted by atomic mass is 10.2. The third kappa shape index (κ3) is 2.81. The van der Waals surface area contributed by atoms with Crippen LogP contribution < -0.4 is 10.6 Å². The molecule has 0 bridgehead atoms. The lowest BCUT2D eigenvalue weighted by molar-refractivity contribution is 0.0563. The number of furan rings is 1. The van der Waals surface area contributed by atoms with Crippen molar-refractivity contribution < 1.29 is 13.9 Å². The molecule has 0 unspecified atom stereocenters. The summed E-state index contributed by atoms with van der Waals surface area (Å²) in [5.41, 5.74) is 0.965. The van der Waals surface area contributed by atoms with Gasteiger partial charge in [-0.15, -0.1) is 0 Å². The van der Waals surface area contributed by atoms with E-state index in [0.717, 1.165) is 11.3 Å². The zero-order chi connectivity index (χ0) is 11.3. The zero-order valence-electron chi connectivity index (χ0n) is 9.22. The second-order valence-corrected chi connectivity index (χ2v) is 3.11. The van der Waals surface area contributed by atoms with Gasteiger partial charge in [-0.1, -0.05) is 0 Å². The third-order valence-corrected chi connectivity index (χ3v) is 1.99. The molecule has 0 saturated heterocycles. The number of nitrogens with one attached hydrogen (secondary N) is 2. The molecule has 0 atom stereocenters. The number of ether oxygens (including phenoxy) is 1. The Morgan fingerprint density at radius 1 is 1.40 bits per heavy atom. The quantitative estimate of drug-likeness (QED) is 0.696. The highest BCUT2D eigenvalue weighted by Gasteiger charge is 2.15. The normalized spacial score (nSPS) is 10.3. The predicted octanol–water partition coefficient (Wildman–Crippen LogP) is 0.505. The van der Waals surface area contributed by atoms with Crippen molar-refractivity contribution in [3.63, 3.8) is 0 Å². The second-order valence-electron chi connectivity index (χ2n) is 3.11. The van der Waals surface area contributed by atoms with Gasteiger partial charge in [0.15, 0.2) is 0 Å². The van der Waals surface area contributed by atoms with E-state index in [9.17, 15) is 4.79 Å². The molecule has 0 fully saturated rings. The molecule has 0 saturated carbocycles. The van der Waals surface area contributed by atoms with Gasteiger partial charge in [-0.05, 0) is 20.2 Å². The standard InChI is InChI=1S/C10H16N2O3/c1-11-5-7-4-8(10(13)14-3)15-9(7)6-12-2/h4,11-12H,5-6H2,1-3H3. The van der Waals surface area contributed by atoms with Crippen molar-refractivity contribution in [3.05, 3.63) is 23.2 Å². The molecule has 0 spiro atoms. The van der Waals surface area contributed by atoms with Gasteiger partial charge in [0.05, 0.1) is 13.7 Å². The molecule has 0 amide bonds. The topological polar surface area (TPSA) is 63.5 Å². The lowest BCUT2D eigenvalue weighted by Crippen LogP contribution is -2.10. The number of esters is 1. The van der Waals surface area contributed by atoms with Gasteiger partial charge < -0.3 is 19.8 Å². The first kappa shape index (κ1) is 11.7. The fourth-order valence-corrected chi connectivity index (χ4v) is 1.32. The zero-order valence-corrected chi connectivity index (χ0v) is 9.22. The fraction of sp³-hybridized carbons (Fsp3) is 0.500. The van der Waals surface area contributed by atoms with Crippen molar-refractivity contribution in [3.8, 4) is 0 Å². The Labute approximate surface area is 88.8 Å². The van der Waals surface area contributed by atoms with E-state index >= 15 is 0 Å². The molecule has 84 valence electrons. The van der Waals surface area contributed by atoms with E-state index in [1.54, 1.807) is 6.07 Å². The average Bonchev–Trinajstić information content (AvgIpc) is 2.62. The molecule has 0 aliphatic rings. The molecule has 1 aromatic heterocycles. The summed E-state index contributed by atoms with van der Waals surface area (Å²) < 4.78 is 9.97. The maximum Gasteiger partial charge on any atom is 0.373 e. The molecule has 0 aliphatic carbocycles. The Morgan fingerprint density at radius 3 is 2.60 bits per heavy atom. The molecule has 1 aromatic rings. The number of carbonyl (C=O) groups excluding carboxylic acids is 1. The van der Waals surface area contributed by atoms with Crippen LogP contribution in [-0.2, 0) is 17.8 Å². The van der Waals surface area contributed by atoms with Crippen LogP contribution in [-0.4, -0.2) is 27.2 Å². The first-order valence-electron chi connectivity index (χ1n) is 4.72. The first-order valence-corrected chi connectivity index (χ1v) is 4.72. The largest absolute Gasteiger partial charge is 0.463 e. The molecule has 5 heteroatoms. The van der Waals surface area contributed by atoms with Crippen LogP contribution in [0.3, 0.4) is 0 Å². The molecule has 15 heavy (non-hydrogen) atoms. The second kappa shape index (κ2) is 5.53. The summed E-state index contributed by atoms with van der Waals surface area (Å²) >= 11 is 0. The minimum Gasteiger partial charge on any atom is -0.463 e. The highest BCUT2D eigenvalue weighted by atomic mass is 16.5. The average molecular weight is 212 g/mol. The van der Waals surface area contributed by atoms with Gasteiger partial charge in [-0.2, -0.15) is 0 Å². The molecular formula is C10H16N2O3. The minimum atomic E-state index is -0.449. The number of hydrogen-bond acceptors (Lipinski definition) is 5. The number of rotatable bonds is 5. The predicted molar refractivity (Wildman–Crippen MR) is 55.6 cm³/mol. The fourth-order valence-electron chi connectivity index (χ4n) is 1.32. The highest BCUT2D eigenvalue weighted by molar-refractivity contribution is 5.86. The van der Waals surface area contributed by atoms with Gasteiger partial charge in [0.2, 0.25) is 5.76 Å². The van der Waals surface area contributed by atoms with Gasteiger partial charge in [-0.3, -0.25) is 0 Å². The number of carbonyl (C=O) groups is 1. The first-order chi connectivity index (χ1) is 7.22. The van der Waals surface area contributed by atoms with Gasteiger partial charge in [-0.25, -0.2) is 4.79 Å². The van der Waals surface area contributed by atoms with Crippen molar-refractivity contribution >= 4 is 5.97 Å². The van der Waals surface area contributed by atoms with Crippen molar-refractivity contribution in [2.45, 2.75) is 13.1 Å². The van der Waals surface area contributed by atoms with Crippen LogP contribution in [0.2, 0.25) is 0 Å². The summed E-state index contributed by atoms with van der Waals surface area (Å²) in [6, 6.07) is 1.70. The smallest absolute Gasteiger partial charge is 0.373 e. The molecule has 2 N–H and O–H groups in total. The molecule has 0 aliphatic heterocycles. The Kier molecular flexibility index (Phi) is 4.33. The molecule has 0 aromatic carbocycles. The van der Waals surface area contributed by atoms with Crippen LogP contribution in [0.4, 0.5) is 0 Å². The molecular weight excluding hydrogens is 196 g/mol. The Balaban J connectivity index is 2.92. The van der Waals surface area contributed by atoms with Crippen LogP contribution >= 0.6 is 0 Å². The van der Waals surface area contributed by atoms with Crippen molar-refractivity contribution in [2.24, 2.45) is 0 Å². The van der Waals surface area contributed by atoms with E-state index in [0.29, 0.717) is 13.1 Å². The third-order valence-electron chi connectivity index (χ3n) is 1.99. The highest BCUT2D eigenvalue weighted by Crippen LogP contribution is 2.16. The van der Waals surface area contributed by atoms with E-state index in [2.05, 4.69) is 15.4 Å². The number of hydrogen-bond donors (Lipinski definition) is 2. The van der Waals surface area contributed by atoms with E-state index < -0.39 is 5.97 Å². The van der Waals surface area contributed by atoms with Crippen LogP contribution in [0, 0.1) is 0 Å². The summed E-state index contributed by atoms with van der Waals surface area (Å²) in [5.74, 6) is 0.551. The van der Waals surface area contributed by atoms with Gasteiger partial charge in [0.25, 0.3) is 0 Å². The monoisotopic (exact) mass is 212 g/mol. The van der Waals surface area contributed by atoms with E-state index in [1.165, 1.54) is 7.11 Å². The van der Waals surface area contributed by atoms with E-state index in [1.807, 2.05) is 14.1 Å². The van der Waals surface area contributed by atoms with Gasteiger partial charge >= 0.3 is 5.97 Å². The van der Waals surface area contributed by atoms with Crippen molar-refractivity contribution in [2.75, 3.05) is 21.2 Å². The van der Waals surface area contributed by atoms with Crippen LogP contribution in [0.25, 0.3) is 0 Å². The van der Waals surface area contributed by atoms with E-state index in [-0.39, 0.29) is 5.76 Å². The maximum absolute atomic E-state index is 11.2. The Bertz CT molecular complexity index is 310. The Hall–Kier alpha value is -1.33. The van der Waals surface area contributed by atoms with Gasteiger partial charge in [0, 0.05) is 12.1 Å². The lowest BCUT2D eigenvalue weighted by Gasteiger charge is -1.99. The van der Waals surface area contributed by atoms with Crippen molar-refractivity contribution in [1.82, 2.24) is 10.6 Å².